The van der Waals surface area contributed by atoms with Crippen LogP contribution in [0, 0.1) is 11.6 Å². The fraction of sp³-hybridized carbons (Fsp3) is 0.133. The van der Waals surface area contributed by atoms with Crippen molar-refractivity contribution in [2.45, 2.75) is 6.61 Å². The molecule has 3 nitrogen and oxygen atoms in total. The van der Waals surface area contributed by atoms with E-state index in [1.165, 1.54) is 19.2 Å². The predicted molar refractivity (Wildman–Crippen MR) is 76.8 cm³/mol. The van der Waals surface area contributed by atoms with Crippen LogP contribution in [0.15, 0.2) is 34.8 Å². The standard InChI is InChI=1S/C15H11BrF2O3/c1-20-14-5-9(7-19)4-12(16)15(14)21-8-10-2-3-11(17)6-13(10)18/h2-7H,8H2,1H3. The van der Waals surface area contributed by atoms with E-state index in [2.05, 4.69) is 15.9 Å². The van der Waals surface area contributed by atoms with E-state index in [4.69, 9.17) is 9.47 Å². The van der Waals surface area contributed by atoms with E-state index in [9.17, 15) is 13.6 Å². The molecule has 0 radical (unpaired) electrons. The maximum absolute atomic E-state index is 13.5. The monoisotopic (exact) mass is 356 g/mol. The number of ether oxygens (including phenoxy) is 2. The average molecular weight is 357 g/mol. The molecule has 0 fully saturated rings. The molecule has 2 aromatic carbocycles. The number of rotatable bonds is 5. The largest absolute Gasteiger partial charge is 0.493 e. The summed E-state index contributed by atoms with van der Waals surface area (Å²) < 4.78 is 37.5. The molecule has 2 aromatic rings. The predicted octanol–water partition coefficient (Wildman–Crippen LogP) is 4.13. The summed E-state index contributed by atoms with van der Waals surface area (Å²) in [6.07, 6.45) is 0.677. The molecule has 0 aromatic heterocycles. The van der Waals surface area contributed by atoms with Gasteiger partial charge in [0.25, 0.3) is 0 Å². The highest BCUT2D eigenvalue weighted by Crippen LogP contribution is 2.36. The third-order valence-corrected chi connectivity index (χ3v) is 3.36. The van der Waals surface area contributed by atoms with E-state index >= 15 is 0 Å². The topological polar surface area (TPSA) is 35.5 Å². The number of halogens is 3. The molecule has 6 heteroatoms. The number of hydrogen-bond acceptors (Lipinski definition) is 3. The third-order valence-electron chi connectivity index (χ3n) is 2.77. The lowest BCUT2D eigenvalue weighted by Gasteiger charge is -2.13. The molecule has 0 unspecified atom stereocenters. The van der Waals surface area contributed by atoms with Crippen molar-refractivity contribution in [2.24, 2.45) is 0 Å². The van der Waals surface area contributed by atoms with Crippen LogP contribution in [0.25, 0.3) is 0 Å². The maximum atomic E-state index is 13.5. The number of methoxy groups -OCH3 is 1. The van der Waals surface area contributed by atoms with E-state index < -0.39 is 11.6 Å². The van der Waals surface area contributed by atoms with Gasteiger partial charge in [0, 0.05) is 17.2 Å². The molecule has 0 aliphatic carbocycles. The minimum absolute atomic E-state index is 0.0957. The molecule has 0 atom stereocenters. The number of carbonyl (C=O) groups is 1. The second-order valence-corrected chi connectivity index (χ2v) is 5.03. The normalized spacial score (nSPS) is 10.3. The lowest BCUT2D eigenvalue weighted by Crippen LogP contribution is -2.02. The first-order valence-corrected chi connectivity index (χ1v) is 6.74. The van der Waals surface area contributed by atoms with Gasteiger partial charge in [-0.2, -0.15) is 0 Å². The highest BCUT2D eigenvalue weighted by atomic mass is 79.9. The lowest BCUT2D eigenvalue weighted by molar-refractivity contribution is 0.112. The first-order valence-electron chi connectivity index (χ1n) is 5.94. The van der Waals surface area contributed by atoms with Crippen LogP contribution in [-0.4, -0.2) is 13.4 Å². The van der Waals surface area contributed by atoms with Gasteiger partial charge in [0.1, 0.15) is 24.5 Å². The van der Waals surface area contributed by atoms with Crippen LogP contribution in [0.4, 0.5) is 8.78 Å². The fourth-order valence-electron chi connectivity index (χ4n) is 1.74. The van der Waals surface area contributed by atoms with Crippen LogP contribution in [0.3, 0.4) is 0 Å². The summed E-state index contributed by atoms with van der Waals surface area (Å²) in [6.45, 7) is -0.0957. The Kier molecular flexibility index (Phi) is 4.90. The molecule has 0 bridgehead atoms. The van der Waals surface area contributed by atoms with Crippen LogP contribution >= 0.6 is 15.9 Å². The average Bonchev–Trinajstić information content (AvgIpc) is 2.46. The molecule has 0 spiro atoms. The molecule has 0 aliphatic rings. The molecule has 2 rings (SSSR count). The van der Waals surface area contributed by atoms with Gasteiger partial charge in [0.2, 0.25) is 0 Å². The number of carbonyl (C=O) groups excluding carboxylic acids is 1. The summed E-state index contributed by atoms with van der Waals surface area (Å²) in [7, 11) is 1.43. The van der Waals surface area contributed by atoms with Gasteiger partial charge in [0.15, 0.2) is 11.5 Å². The first kappa shape index (κ1) is 15.4. The summed E-state index contributed by atoms with van der Waals surface area (Å²) >= 11 is 3.27. The molecule has 0 aliphatic heterocycles. The van der Waals surface area contributed by atoms with E-state index in [1.54, 1.807) is 6.07 Å². The van der Waals surface area contributed by atoms with E-state index in [0.29, 0.717) is 27.8 Å². The fourth-order valence-corrected chi connectivity index (χ4v) is 2.31. The Morgan fingerprint density at radius 2 is 2.00 bits per heavy atom. The molecule has 0 saturated heterocycles. The van der Waals surface area contributed by atoms with Crippen LogP contribution in [-0.2, 0) is 6.61 Å². The molecular weight excluding hydrogens is 346 g/mol. The molecule has 21 heavy (non-hydrogen) atoms. The zero-order valence-electron chi connectivity index (χ0n) is 11.0. The summed E-state index contributed by atoms with van der Waals surface area (Å²) in [6, 6.07) is 6.33. The van der Waals surface area contributed by atoms with Crippen molar-refractivity contribution in [3.05, 3.63) is 57.6 Å². The minimum Gasteiger partial charge on any atom is -0.493 e. The number of hydrogen-bond donors (Lipinski definition) is 0. The van der Waals surface area contributed by atoms with Crippen LogP contribution < -0.4 is 9.47 Å². The van der Waals surface area contributed by atoms with Gasteiger partial charge in [-0.05, 0) is 40.2 Å². The Labute approximate surface area is 128 Å². The van der Waals surface area contributed by atoms with Crippen molar-refractivity contribution in [3.63, 3.8) is 0 Å². The van der Waals surface area contributed by atoms with E-state index in [-0.39, 0.29) is 12.2 Å². The van der Waals surface area contributed by atoms with Gasteiger partial charge in [-0.3, -0.25) is 4.79 Å². The lowest BCUT2D eigenvalue weighted by atomic mass is 10.2. The summed E-state index contributed by atoms with van der Waals surface area (Å²) in [5, 5.41) is 0. The van der Waals surface area contributed by atoms with E-state index in [0.717, 1.165) is 12.1 Å². The smallest absolute Gasteiger partial charge is 0.175 e. The molecule has 0 amide bonds. The first-order chi connectivity index (χ1) is 10.0. The highest BCUT2D eigenvalue weighted by molar-refractivity contribution is 9.10. The summed E-state index contributed by atoms with van der Waals surface area (Å²) in [5.41, 5.74) is 0.629. The van der Waals surface area contributed by atoms with Crippen molar-refractivity contribution in [3.8, 4) is 11.5 Å². The van der Waals surface area contributed by atoms with Gasteiger partial charge < -0.3 is 9.47 Å². The number of benzene rings is 2. The van der Waals surface area contributed by atoms with Crippen LogP contribution in [0.1, 0.15) is 15.9 Å². The van der Waals surface area contributed by atoms with E-state index in [1.807, 2.05) is 0 Å². The highest BCUT2D eigenvalue weighted by Gasteiger charge is 2.13. The van der Waals surface area contributed by atoms with Gasteiger partial charge in [-0.1, -0.05) is 0 Å². The molecular formula is C15H11BrF2O3. The maximum Gasteiger partial charge on any atom is 0.175 e. The molecule has 0 saturated carbocycles. The Balaban J connectivity index is 2.25. The Hall–Kier alpha value is -1.95. The van der Waals surface area contributed by atoms with Crippen molar-refractivity contribution < 1.29 is 23.0 Å². The van der Waals surface area contributed by atoms with Gasteiger partial charge in [-0.25, -0.2) is 8.78 Å². The van der Waals surface area contributed by atoms with Gasteiger partial charge in [0.05, 0.1) is 11.6 Å². The second-order valence-electron chi connectivity index (χ2n) is 4.18. The molecule has 0 N–H and O–H groups in total. The summed E-state index contributed by atoms with van der Waals surface area (Å²) in [5.74, 6) is -0.652. The molecule has 110 valence electrons. The zero-order valence-corrected chi connectivity index (χ0v) is 12.6. The SMILES string of the molecule is COc1cc(C=O)cc(Br)c1OCc1ccc(F)cc1F. The second kappa shape index (κ2) is 6.67. The zero-order chi connectivity index (χ0) is 15.4. The Morgan fingerprint density at radius 3 is 2.62 bits per heavy atom. The Morgan fingerprint density at radius 1 is 1.24 bits per heavy atom. The van der Waals surface area contributed by atoms with Crippen LogP contribution in [0.5, 0.6) is 11.5 Å². The van der Waals surface area contributed by atoms with Crippen molar-refractivity contribution in [1.29, 1.82) is 0 Å². The van der Waals surface area contributed by atoms with Gasteiger partial charge >= 0.3 is 0 Å². The number of aldehydes is 1. The third kappa shape index (κ3) is 3.58. The Bertz CT molecular complexity index is 674. The summed E-state index contributed by atoms with van der Waals surface area (Å²) in [4.78, 5) is 10.8. The molecule has 0 heterocycles. The van der Waals surface area contributed by atoms with Crippen molar-refractivity contribution in [2.75, 3.05) is 7.11 Å². The van der Waals surface area contributed by atoms with Gasteiger partial charge in [-0.15, -0.1) is 0 Å². The quantitative estimate of drug-likeness (QED) is 0.755. The minimum atomic E-state index is -0.686. The van der Waals surface area contributed by atoms with Crippen molar-refractivity contribution in [1.82, 2.24) is 0 Å². The van der Waals surface area contributed by atoms with Crippen LogP contribution in [0.2, 0.25) is 0 Å². The van der Waals surface area contributed by atoms with Crippen molar-refractivity contribution >= 4 is 22.2 Å².